The maximum atomic E-state index is 6.01. The molecule has 0 spiro atoms. The third-order valence-corrected chi connectivity index (χ3v) is 2.98. The van der Waals surface area contributed by atoms with Crippen molar-refractivity contribution in [3.63, 3.8) is 0 Å². The van der Waals surface area contributed by atoms with Gasteiger partial charge in [0.15, 0.2) is 0 Å². The van der Waals surface area contributed by atoms with E-state index in [1.807, 2.05) is 6.20 Å². The smallest absolute Gasteiger partial charge is 0.0450 e. The van der Waals surface area contributed by atoms with Crippen molar-refractivity contribution in [2.75, 3.05) is 0 Å². The van der Waals surface area contributed by atoms with E-state index in [-0.39, 0.29) is 6.04 Å². The Labute approximate surface area is 86.1 Å². The molecule has 0 amide bonds. The van der Waals surface area contributed by atoms with Crippen LogP contribution in [0.15, 0.2) is 12.3 Å². The summed E-state index contributed by atoms with van der Waals surface area (Å²) < 4.78 is 1.24. The predicted octanol–water partition coefficient (Wildman–Crippen LogP) is 2.42. The Balaban J connectivity index is 1.97. The van der Waals surface area contributed by atoms with Gasteiger partial charge in [0.25, 0.3) is 0 Å². The second-order valence-electron chi connectivity index (χ2n) is 3.56. The molecule has 0 radical (unpaired) electrons. The summed E-state index contributed by atoms with van der Waals surface area (Å²) in [5.41, 5.74) is 7.20. The first-order chi connectivity index (χ1) is 5.75. The van der Waals surface area contributed by atoms with Gasteiger partial charge < -0.3 is 10.7 Å². The van der Waals surface area contributed by atoms with Crippen molar-refractivity contribution in [3.8, 4) is 0 Å². The van der Waals surface area contributed by atoms with Gasteiger partial charge in [-0.15, -0.1) is 0 Å². The summed E-state index contributed by atoms with van der Waals surface area (Å²) in [5, 5.41) is 0. The second-order valence-corrected chi connectivity index (χ2v) is 4.80. The lowest BCUT2D eigenvalue weighted by Gasteiger charge is -2.07. The minimum absolute atomic E-state index is 0.223. The fourth-order valence-corrected chi connectivity index (χ4v) is 1.93. The first-order valence-electron chi connectivity index (χ1n) is 4.35. The largest absolute Gasteiger partial charge is 0.363 e. The molecule has 2 rings (SSSR count). The highest BCUT2D eigenvalue weighted by Gasteiger charge is 2.24. The van der Waals surface area contributed by atoms with Crippen LogP contribution in [-0.4, -0.2) is 4.98 Å². The van der Waals surface area contributed by atoms with Gasteiger partial charge in [-0.3, -0.25) is 0 Å². The average Bonchev–Trinajstić information content (AvgIpc) is 2.72. The Morgan fingerprint density at radius 1 is 1.67 bits per heavy atom. The zero-order valence-electron chi connectivity index (χ0n) is 6.89. The van der Waals surface area contributed by atoms with Crippen LogP contribution in [0.25, 0.3) is 0 Å². The van der Waals surface area contributed by atoms with Crippen LogP contribution in [0.1, 0.15) is 31.0 Å². The fourth-order valence-electron chi connectivity index (χ4n) is 1.44. The molecule has 1 aromatic heterocycles. The molecule has 1 saturated carbocycles. The number of aromatic nitrogens is 1. The molecule has 0 aliphatic heterocycles. The highest BCUT2D eigenvalue weighted by atomic mass is 127. The average molecular weight is 276 g/mol. The molecular weight excluding hydrogens is 263 g/mol. The van der Waals surface area contributed by atoms with Crippen molar-refractivity contribution in [2.24, 2.45) is 11.7 Å². The van der Waals surface area contributed by atoms with Gasteiger partial charge in [0.05, 0.1) is 0 Å². The van der Waals surface area contributed by atoms with E-state index in [1.165, 1.54) is 22.1 Å². The second kappa shape index (κ2) is 3.38. The standard InChI is InChI=1S/C9H13IN2/c10-7-4-9(12-5-7)8(11)3-6-1-2-6/h4-6,8,12H,1-3,11H2/t8-/m1/s1. The quantitative estimate of drug-likeness (QED) is 0.818. The molecule has 1 atom stereocenters. The molecule has 0 unspecified atom stereocenters. The Kier molecular flexibility index (Phi) is 2.41. The number of nitrogens with two attached hydrogens (primary N) is 1. The van der Waals surface area contributed by atoms with Crippen LogP contribution < -0.4 is 5.73 Å². The molecule has 66 valence electrons. The summed E-state index contributed by atoms with van der Waals surface area (Å²) in [6, 6.07) is 2.36. The molecule has 3 heteroatoms. The highest BCUT2D eigenvalue weighted by Crippen LogP contribution is 2.36. The lowest BCUT2D eigenvalue weighted by atomic mass is 10.1. The number of halogens is 1. The first kappa shape index (κ1) is 8.56. The lowest BCUT2D eigenvalue weighted by Crippen LogP contribution is -2.11. The van der Waals surface area contributed by atoms with Gasteiger partial charge >= 0.3 is 0 Å². The number of nitrogens with one attached hydrogen (secondary N) is 1. The lowest BCUT2D eigenvalue weighted by molar-refractivity contribution is 0.586. The summed E-state index contributed by atoms with van der Waals surface area (Å²) in [4.78, 5) is 3.21. The van der Waals surface area contributed by atoms with Gasteiger partial charge in [0.1, 0.15) is 0 Å². The van der Waals surface area contributed by atoms with E-state index in [9.17, 15) is 0 Å². The van der Waals surface area contributed by atoms with Crippen molar-refractivity contribution < 1.29 is 0 Å². The van der Waals surface area contributed by atoms with Gasteiger partial charge in [-0.2, -0.15) is 0 Å². The summed E-state index contributed by atoms with van der Waals surface area (Å²) in [6.07, 6.45) is 5.91. The number of hydrogen-bond donors (Lipinski definition) is 2. The molecule has 0 saturated heterocycles. The molecule has 0 bridgehead atoms. The maximum absolute atomic E-state index is 6.01. The molecule has 1 heterocycles. The van der Waals surface area contributed by atoms with Crippen molar-refractivity contribution in [1.29, 1.82) is 0 Å². The molecule has 1 aromatic rings. The molecule has 12 heavy (non-hydrogen) atoms. The Morgan fingerprint density at radius 2 is 2.42 bits per heavy atom. The van der Waals surface area contributed by atoms with E-state index in [0.717, 1.165) is 12.3 Å². The van der Waals surface area contributed by atoms with E-state index >= 15 is 0 Å². The maximum Gasteiger partial charge on any atom is 0.0450 e. The molecule has 1 fully saturated rings. The normalized spacial score (nSPS) is 19.5. The minimum Gasteiger partial charge on any atom is -0.363 e. The van der Waals surface area contributed by atoms with Gasteiger partial charge in [-0.1, -0.05) is 12.8 Å². The zero-order chi connectivity index (χ0) is 8.55. The molecule has 2 nitrogen and oxygen atoms in total. The summed E-state index contributed by atoms with van der Waals surface area (Å²) in [5.74, 6) is 0.904. The Bertz CT molecular complexity index is 265. The number of rotatable bonds is 3. The fraction of sp³-hybridized carbons (Fsp3) is 0.556. The van der Waals surface area contributed by atoms with Crippen molar-refractivity contribution in [2.45, 2.75) is 25.3 Å². The third kappa shape index (κ3) is 2.01. The summed E-state index contributed by atoms with van der Waals surface area (Å²) >= 11 is 2.30. The van der Waals surface area contributed by atoms with Crippen molar-refractivity contribution in [1.82, 2.24) is 4.98 Å². The van der Waals surface area contributed by atoms with E-state index in [2.05, 4.69) is 33.6 Å². The van der Waals surface area contributed by atoms with Crippen LogP contribution in [0.5, 0.6) is 0 Å². The van der Waals surface area contributed by atoms with E-state index in [1.54, 1.807) is 0 Å². The highest BCUT2D eigenvalue weighted by molar-refractivity contribution is 14.1. The first-order valence-corrected chi connectivity index (χ1v) is 5.43. The molecule has 0 aromatic carbocycles. The van der Waals surface area contributed by atoms with Crippen LogP contribution in [0, 0.1) is 9.49 Å². The van der Waals surface area contributed by atoms with E-state index < -0.39 is 0 Å². The number of hydrogen-bond acceptors (Lipinski definition) is 1. The van der Waals surface area contributed by atoms with Gasteiger partial charge in [0, 0.05) is 21.5 Å². The Morgan fingerprint density at radius 3 is 2.92 bits per heavy atom. The van der Waals surface area contributed by atoms with Crippen molar-refractivity contribution >= 4 is 22.6 Å². The monoisotopic (exact) mass is 276 g/mol. The van der Waals surface area contributed by atoms with Crippen LogP contribution in [0.3, 0.4) is 0 Å². The van der Waals surface area contributed by atoms with Gasteiger partial charge in [-0.05, 0) is 41.0 Å². The molecule has 1 aliphatic rings. The van der Waals surface area contributed by atoms with Crippen molar-refractivity contribution in [3.05, 3.63) is 21.5 Å². The Hall–Kier alpha value is -0.0300. The summed E-state index contributed by atoms with van der Waals surface area (Å²) in [7, 11) is 0. The van der Waals surface area contributed by atoms with E-state index in [4.69, 9.17) is 5.73 Å². The van der Waals surface area contributed by atoms with Gasteiger partial charge in [-0.25, -0.2) is 0 Å². The van der Waals surface area contributed by atoms with Gasteiger partial charge in [0.2, 0.25) is 0 Å². The predicted molar refractivity (Wildman–Crippen MR) is 57.8 cm³/mol. The number of H-pyrrole nitrogens is 1. The summed E-state index contributed by atoms with van der Waals surface area (Å²) in [6.45, 7) is 0. The van der Waals surface area contributed by atoms with Crippen LogP contribution in [0.2, 0.25) is 0 Å². The topological polar surface area (TPSA) is 41.8 Å². The zero-order valence-corrected chi connectivity index (χ0v) is 9.04. The van der Waals surface area contributed by atoms with E-state index in [0.29, 0.717) is 0 Å². The minimum atomic E-state index is 0.223. The van der Waals surface area contributed by atoms with Crippen LogP contribution >= 0.6 is 22.6 Å². The SMILES string of the molecule is N[C@H](CC1CC1)c1cc(I)c[nH]1. The molecular formula is C9H13IN2. The number of aromatic amines is 1. The molecule has 3 N–H and O–H groups in total. The van der Waals surface area contributed by atoms with Crippen LogP contribution in [0.4, 0.5) is 0 Å². The molecule has 1 aliphatic carbocycles. The third-order valence-electron chi connectivity index (χ3n) is 2.35. The van der Waals surface area contributed by atoms with Crippen LogP contribution in [-0.2, 0) is 0 Å².